The number of hydrogen-bond donors (Lipinski definition) is 1. The van der Waals surface area contributed by atoms with Gasteiger partial charge in [0.05, 0.1) is 18.3 Å². The third-order valence-corrected chi connectivity index (χ3v) is 5.30. The lowest BCUT2D eigenvalue weighted by Crippen LogP contribution is -2.44. The van der Waals surface area contributed by atoms with E-state index in [4.69, 9.17) is 4.74 Å². The molecule has 0 radical (unpaired) electrons. The van der Waals surface area contributed by atoms with Gasteiger partial charge in [-0.3, -0.25) is 9.69 Å². The van der Waals surface area contributed by atoms with Crippen LogP contribution in [0.25, 0.3) is 0 Å². The molecule has 3 rings (SSSR count). The quantitative estimate of drug-likeness (QED) is 0.908. The second kappa shape index (κ2) is 7.85. The van der Waals surface area contributed by atoms with Crippen LogP contribution in [0.2, 0.25) is 0 Å². The normalized spacial score (nSPS) is 29.0. The fraction of sp³-hybridized carbons (Fsp3) is 0.650. The van der Waals surface area contributed by atoms with E-state index in [-0.39, 0.29) is 30.1 Å². The Balaban J connectivity index is 1.58. The van der Waals surface area contributed by atoms with Crippen LogP contribution in [0.4, 0.5) is 0 Å². The minimum Gasteiger partial charge on any atom is -0.393 e. The average Bonchev–Trinajstić information content (AvgIpc) is 3.04. The maximum atomic E-state index is 12.6. The highest BCUT2D eigenvalue weighted by Gasteiger charge is 2.29. The van der Waals surface area contributed by atoms with E-state index < -0.39 is 0 Å². The second-order valence-corrected chi connectivity index (χ2v) is 7.69. The molecule has 0 bridgehead atoms. The Bertz CT molecular complexity index is 577. The average molecular weight is 346 g/mol. The molecule has 0 spiro atoms. The topological polar surface area (TPSA) is 53.0 Å². The molecule has 1 aromatic rings. The van der Waals surface area contributed by atoms with E-state index in [2.05, 4.69) is 30.9 Å². The molecule has 0 aliphatic carbocycles. The van der Waals surface area contributed by atoms with Crippen molar-refractivity contribution in [1.29, 1.82) is 0 Å². The fourth-order valence-corrected chi connectivity index (χ4v) is 3.97. The van der Waals surface area contributed by atoms with Crippen LogP contribution < -0.4 is 0 Å². The van der Waals surface area contributed by atoms with E-state index in [1.807, 2.05) is 17.0 Å². The molecule has 2 fully saturated rings. The number of ether oxygens (including phenoxy) is 1. The lowest BCUT2D eigenvalue weighted by atomic mass is 10.0. The first-order chi connectivity index (χ1) is 11.9. The summed E-state index contributed by atoms with van der Waals surface area (Å²) in [6, 6.07) is 7.97. The first kappa shape index (κ1) is 18.4. The summed E-state index contributed by atoms with van der Waals surface area (Å²) in [6.07, 6.45) is 1.07. The first-order valence-electron chi connectivity index (χ1n) is 9.36. The Kier molecular flexibility index (Phi) is 5.77. The van der Waals surface area contributed by atoms with Gasteiger partial charge in [0, 0.05) is 44.2 Å². The summed E-state index contributed by atoms with van der Waals surface area (Å²) in [4.78, 5) is 16.9. The van der Waals surface area contributed by atoms with Gasteiger partial charge in [-0.25, -0.2) is 0 Å². The monoisotopic (exact) mass is 346 g/mol. The zero-order valence-corrected chi connectivity index (χ0v) is 15.5. The molecular formula is C20H30N2O3. The van der Waals surface area contributed by atoms with Gasteiger partial charge >= 0.3 is 0 Å². The molecule has 138 valence electrons. The lowest BCUT2D eigenvalue weighted by Gasteiger charge is -2.35. The third kappa shape index (κ3) is 4.60. The van der Waals surface area contributed by atoms with E-state index in [1.165, 1.54) is 5.56 Å². The zero-order valence-electron chi connectivity index (χ0n) is 15.5. The molecule has 0 aromatic heterocycles. The van der Waals surface area contributed by atoms with Crippen molar-refractivity contribution in [1.82, 2.24) is 9.80 Å². The minimum atomic E-state index is -0.349. The third-order valence-electron chi connectivity index (χ3n) is 5.30. The van der Waals surface area contributed by atoms with Gasteiger partial charge < -0.3 is 14.7 Å². The number of carbonyl (C=O) groups is 1. The van der Waals surface area contributed by atoms with E-state index in [1.54, 1.807) is 6.92 Å². The van der Waals surface area contributed by atoms with Crippen molar-refractivity contribution in [3.8, 4) is 0 Å². The molecule has 2 aliphatic heterocycles. The van der Waals surface area contributed by atoms with Crippen molar-refractivity contribution < 1.29 is 14.6 Å². The number of hydrogen-bond acceptors (Lipinski definition) is 4. The Morgan fingerprint density at radius 1 is 1.20 bits per heavy atom. The molecule has 1 N–H and O–H groups in total. The van der Waals surface area contributed by atoms with Crippen LogP contribution in [-0.4, -0.2) is 65.3 Å². The molecule has 1 aromatic carbocycles. The minimum absolute atomic E-state index is 0.0725. The molecule has 2 heterocycles. The summed E-state index contributed by atoms with van der Waals surface area (Å²) in [6.45, 7) is 10.2. The van der Waals surface area contributed by atoms with Crippen LogP contribution in [0.1, 0.15) is 43.1 Å². The highest BCUT2D eigenvalue weighted by Crippen LogP contribution is 2.22. The molecule has 4 unspecified atom stereocenters. The largest absolute Gasteiger partial charge is 0.393 e. The standard InChI is InChI=1S/C20H30N2O3/c1-14-10-21(11-15(2)25-14)12-17-4-6-18(7-5-17)20(24)22-9-8-19(13-22)16(3)23/h4-7,14-16,19,23H,8-13H2,1-3H3. The van der Waals surface area contributed by atoms with Gasteiger partial charge in [0.1, 0.15) is 0 Å². The van der Waals surface area contributed by atoms with Crippen molar-refractivity contribution in [2.75, 3.05) is 26.2 Å². The van der Waals surface area contributed by atoms with Crippen molar-refractivity contribution in [3.63, 3.8) is 0 Å². The van der Waals surface area contributed by atoms with E-state index in [0.717, 1.165) is 38.2 Å². The number of amides is 1. The van der Waals surface area contributed by atoms with Gasteiger partial charge in [-0.05, 0) is 44.9 Å². The zero-order chi connectivity index (χ0) is 18.0. The highest BCUT2D eigenvalue weighted by molar-refractivity contribution is 5.94. The van der Waals surface area contributed by atoms with Crippen molar-refractivity contribution in [3.05, 3.63) is 35.4 Å². The SMILES string of the molecule is CC1CN(Cc2ccc(C(=O)N3CCC(C(C)O)C3)cc2)CC(C)O1. The molecule has 4 atom stereocenters. The molecule has 0 saturated carbocycles. The van der Waals surface area contributed by atoms with E-state index >= 15 is 0 Å². The number of aliphatic hydroxyl groups is 1. The lowest BCUT2D eigenvalue weighted by molar-refractivity contribution is -0.0704. The molecular weight excluding hydrogens is 316 g/mol. The number of aliphatic hydroxyl groups excluding tert-OH is 1. The summed E-state index contributed by atoms with van der Waals surface area (Å²) in [7, 11) is 0. The molecule has 1 amide bonds. The number of benzene rings is 1. The van der Waals surface area contributed by atoms with Crippen LogP contribution in [-0.2, 0) is 11.3 Å². The maximum absolute atomic E-state index is 12.6. The summed E-state index contributed by atoms with van der Waals surface area (Å²) in [5.41, 5.74) is 1.96. The summed E-state index contributed by atoms with van der Waals surface area (Å²) in [5, 5.41) is 9.70. The first-order valence-corrected chi connectivity index (χ1v) is 9.36. The summed E-state index contributed by atoms with van der Waals surface area (Å²) < 4.78 is 5.78. The van der Waals surface area contributed by atoms with Gasteiger partial charge in [-0.1, -0.05) is 12.1 Å². The number of nitrogens with zero attached hydrogens (tertiary/aromatic N) is 2. The number of carbonyl (C=O) groups excluding carboxylic acids is 1. The molecule has 2 saturated heterocycles. The van der Waals surface area contributed by atoms with E-state index in [0.29, 0.717) is 6.54 Å². The van der Waals surface area contributed by atoms with Gasteiger partial charge in [0.2, 0.25) is 0 Å². The molecule has 5 nitrogen and oxygen atoms in total. The molecule has 2 aliphatic rings. The summed E-state index contributed by atoms with van der Waals surface area (Å²) >= 11 is 0. The van der Waals surface area contributed by atoms with Crippen LogP contribution in [0, 0.1) is 5.92 Å². The highest BCUT2D eigenvalue weighted by atomic mass is 16.5. The van der Waals surface area contributed by atoms with Gasteiger partial charge in [0.25, 0.3) is 5.91 Å². The number of likely N-dealkylation sites (tertiary alicyclic amines) is 1. The van der Waals surface area contributed by atoms with Crippen molar-refractivity contribution in [2.45, 2.75) is 52.0 Å². The predicted octanol–water partition coefficient (Wildman–Crippen LogP) is 2.14. The Labute approximate surface area is 150 Å². The second-order valence-electron chi connectivity index (χ2n) is 7.69. The number of rotatable bonds is 4. The van der Waals surface area contributed by atoms with Gasteiger partial charge in [0.15, 0.2) is 0 Å². The van der Waals surface area contributed by atoms with Crippen LogP contribution in [0.15, 0.2) is 24.3 Å². The fourth-order valence-electron chi connectivity index (χ4n) is 3.97. The Hall–Kier alpha value is -1.43. The van der Waals surface area contributed by atoms with Gasteiger partial charge in [-0.2, -0.15) is 0 Å². The van der Waals surface area contributed by atoms with Crippen molar-refractivity contribution in [2.24, 2.45) is 5.92 Å². The molecule has 25 heavy (non-hydrogen) atoms. The van der Waals surface area contributed by atoms with Crippen LogP contribution >= 0.6 is 0 Å². The Morgan fingerprint density at radius 2 is 1.84 bits per heavy atom. The Morgan fingerprint density at radius 3 is 2.40 bits per heavy atom. The van der Waals surface area contributed by atoms with Crippen LogP contribution in [0.3, 0.4) is 0 Å². The maximum Gasteiger partial charge on any atom is 0.253 e. The van der Waals surface area contributed by atoms with Gasteiger partial charge in [-0.15, -0.1) is 0 Å². The smallest absolute Gasteiger partial charge is 0.253 e. The van der Waals surface area contributed by atoms with Crippen molar-refractivity contribution >= 4 is 5.91 Å². The predicted molar refractivity (Wildman–Crippen MR) is 97.4 cm³/mol. The summed E-state index contributed by atoms with van der Waals surface area (Å²) in [5.74, 6) is 0.275. The van der Waals surface area contributed by atoms with E-state index in [9.17, 15) is 9.90 Å². The molecule has 5 heteroatoms. The number of morpholine rings is 1. The van der Waals surface area contributed by atoms with Crippen LogP contribution in [0.5, 0.6) is 0 Å².